The molecular formula is C28H32N4O5. The normalized spacial score (nSPS) is 17.9. The van der Waals surface area contributed by atoms with Gasteiger partial charge >= 0.3 is 5.97 Å². The minimum absolute atomic E-state index is 0.153. The summed E-state index contributed by atoms with van der Waals surface area (Å²) in [4.78, 5) is 53.6. The third kappa shape index (κ3) is 4.69. The van der Waals surface area contributed by atoms with Crippen molar-refractivity contribution < 1.29 is 24.3 Å². The Balaban J connectivity index is 1.71. The Morgan fingerprint density at radius 3 is 2.41 bits per heavy atom. The molecule has 3 aromatic rings. The van der Waals surface area contributed by atoms with Gasteiger partial charge in [-0.05, 0) is 42.9 Å². The largest absolute Gasteiger partial charge is 0.480 e. The molecule has 1 aliphatic heterocycles. The number of carboxylic acids is 1. The van der Waals surface area contributed by atoms with Crippen molar-refractivity contribution in [3.63, 3.8) is 0 Å². The van der Waals surface area contributed by atoms with Crippen molar-refractivity contribution in [2.24, 2.45) is 11.7 Å². The number of rotatable bonds is 8. The van der Waals surface area contributed by atoms with Crippen LogP contribution >= 0.6 is 0 Å². The topological polar surface area (TPSA) is 135 Å². The molecule has 0 spiro atoms. The molecule has 2 unspecified atom stereocenters. The van der Waals surface area contributed by atoms with Crippen LogP contribution in [0, 0.1) is 5.92 Å². The highest BCUT2D eigenvalue weighted by Crippen LogP contribution is 2.38. The van der Waals surface area contributed by atoms with Crippen LogP contribution in [0.5, 0.6) is 0 Å². The number of hydrogen-bond donors (Lipinski definition) is 3. The number of nitrogens with zero attached hydrogens (tertiary/aromatic N) is 2. The van der Waals surface area contributed by atoms with Gasteiger partial charge in [-0.15, -0.1) is 0 Å². The number of likely N-dealkylation sites (tertiary alicyclic amines) is 1. The van der Waals surface area contributed by atoms with E-state index in [4.69, 9.17) is 5.73 Å². The number of amides is 3. The molecule has 1 aliphatic rings. The summed E-state index contributed by atoms with van der Waals surface area (Å²) in [5.41, 5.74) is 6.02. The van der Waals surface area contributed by atoms with Gasteiger partial charge in [-0.1, -0.05) is 62.4 Å². The van der Waals surface area contributed by atoms with E-state index in [1.54, 1.807) is 54.6 Å². The third-order valence-corrected chi connectivity index (χ3v) is 7.18. The second-order valence-electron chi connectivity index (χ2n) is 9.73. The van der Waals surface area contributed by atoms with Crippen LogP contribution in [0.25, 0.3) is 10.9 Å². The molecule has 0 saturated carbocycles. The van der Waals surface area contributed by atoms with E-state index in [9.17, 15) is 24.3 Å². The fraction of sp³-hybridized carbons (Fsp3) is 0.357. The van der Waals surface area contributed by atoms with Gasteiger partial charge in [0.15, 0.2) is 0 Å². The number of para-hydroxylation sites is 1. The van der Waals surface area contributed by atoms with Crippen molar-refractivity contribution in [2.45, 2.75) is 51.2 Å². The zero-order chi connectivity index (χ0) is 26.7. The maximum atomic E-state index is 14.0. The Morgan fingerprint density at radius 1 is 1.08 bits per heavy atom. The summed E-state index contributed by atoms with van der Waals surface area (Å²) in [5.74, 6) is -2.98. The second kappa shape index (κ2) is 10.5. The Bertz CT molecular complexity index is 1330. The fourth-order valence-corrected chi connectivity index (χ4v) is 5.51. The molecule has 1 fully saturated rings. The minimum atomic E-state index is -1.39. The van der Waals surface area contributed by atoms with E-state index >= 15 is 0 Å². The smallest absolute Gasteiger partial charge is 0.323 e. The van der Waals surface area contributed by atoms with Crippen LogP contribution in [-0.2, 0) is 26.5 Å². The summed E-state index contributed by atoms with van der Waals surface area (Å²) in [7, 11) is 0. The Kier molecular flexibility index (Phi) is 7.33. The van der Waals surface area contributed by atoms with Crippen molar-refractivity contribution in [2.75, 3.05) is 6.54 Å². The van der Waals surface area contributed by atoms with Gasteiger partial charge in [-0.25, -0.2) is 0 Å². The molecule has 0 radical (unpaired) electrons. The molecule has 0 aliphatic carbocycles. The van der Waals surface area contributed by atoms with Crippen molar-refractivity contribution in [3.8, 4) is 0 Å². The van der Waals surface area contributed by atoms with Crippen molar-refractivity contribution in [3.05, 3.63) is 71.9 Å². The lowest BCUT2D eigenvalue weighted by Crippen LogP contribution is -2.63. The molecule has 0 bridgehead atoms. The number of benzene rings is 2. The first-order valence-corrected chi connectivity index (χ1v) is 12.5. The number of carboxylic acid groups (broad SMARTS) is 1. The molecule has 1 saturated heterocycles. The highest BCUT2D eigenvalue weighted by molar-refractivity contribution is 6.02. The lowest BCUT2D eigenvalue weighted by molar-refractivity contribution is -0.151. The van der Waals surface area contributed by atoms with Crippen LogP contribution < -0.4 is 11.1 Å². The first-order valence-electron chi connectivity index (χ1n) is 12.5. The predicted octanol–water partition coefficient (Wildman–Crippen LogP) is 2.87. The third-order valence-electron chi connectivity index (χ3n) is 7.18. The summed E-state index contributed by atoms with van der Waals surface area (Å²) >= 11 is 0. The number of nitrogens with one attached hydrogen (secondary N) is 1. The monoisotopic (exact) mass is 504 g/mol. The minimum Gasteiger partial charge on any atom is -0.480 e. The van der Waals surface area contributed by atoms with Crippen LogP contribution in [0.3, 0.4) is 0 Å². The number of hydrogen-bond acceptors (Lipinski definition) is 4. The van der Waals surface area contributed by atoms with E-state index in [2.05, 4.69) is 5.32 Å². The summed E-state index contributed by atoms with van der Waals surface area (Å²) in [6.07, 6.45) is 1.70. The van der Waals surface area contributed by atoms with Crippen LogP contribution in [0.15, 0.2) is 60.7 Å². The number of aliphatic carboxylic acids is 1. The maximum absolute atomic E-state index is 14.0. The number of aromatic nitrogens is 1. The Hall–Kier alpha value is -4.14. The van der Waals surface area contributed by atoms with Crippen molar-refractivity contribution in [1.29, 1.82) is 0 Å². The summed E-state index contributed by atoms with van der Waals surface area (Å²) in [5, 5.41) is 13.0. The van der Waals surface area contributed by atoms with Crippen LogP contribution in [0.1, 0.15) is 49.2 Å². The lowest BCUT2D eigenvalue weighted by Gasteiger charge is -2.45. The van der Waals surface area contributed by atoms with Gasteiger partial charge in [-0.3, -0.25) is 19.2 Å². The number of carbonyl (C=O) groups is 4. The SMILES string of the molecule is CC(C)C(C(N)=O)(c1ccccc1)N1CCCCC(NC(=O)c2cc3ccccc3n2CC(=O)O)C1=O. The van der Waals surface area contributed by atoms with Crippen LogP contribution in [0.2, 0.25) is 0 Å². The van der Waals surface area contributed by atoms with Gasteiger partial charge in [0.25, 0.3) is 5.91 Å². The van der Waals surface area contributed by atoms with Gasteiger partial charge in [-0.2, -0.15) is 0 Å². The molecule has 4 N–H and O–H groups in total. The van der Waals surface area contributed by atoms with E-state index in [0.717, 1.165) is 5.39 Å². The van der Waals surface area contributed by atoms with Gasteiger partial charge in [0.05, 0.1) is 0 Å². The molecular weight excluding hydrogens is 472 g/mol. The van der Waals surface area contributed by atoms with Crippen molar-refractivity contribution >= 4 is 34.6 Å². The quantitative estimate of drug-likeness (QED) is 0.434. The summed E-state index contributed by atoms with van der Waals surface area (Å²) < 4.78 is 1.43. The standard InChI is InChI=1S/C28H32N4O5/c1-18(2)28(27(29)37,20-11-4-3-5-12-20)32-15-9-8-13-21(26(32)36)30-25(35)23-16-19-10-6-7-14-22(19)31(23)17-24(33)34/h3-7,10-12,14,16,18,21H,8-9,13,15,17H2,1-2H3,(H2,29,37)(H,30,35)(H,33,34). The number of fused-ring (bicyclic) bond motifs is 1. The second-order valence-corrected chi connectivity index (χ2v) is 9.73. The summed E-state index contributed by atoms with van der Waals surface area (Å²) in [6.45, 7) is 3.63. The van der Waals surface area contributed by atoms with E-state index in [1.807, 2.05) is 19.9 Å². The molecule has 2 atom stereocenters. The van der Waals surface area contributed by atoms with Gasteiger partial charge in [0, 0.05) is 17.4 Å². The van der Waals surface area contributed by atoms with E-state index < -0.39 is 35.9 Å². The Labute approximate surface area is 215 Å². The first kappa shape index (κ1) is 25.9. The van der Waals surface area contributed by atoms with Crippen molar-refractivity contribution in [1.82, 2.24) is 14.8 Å². The Morgan fingerprint density at radius 2 is 1.76 bits per heavy atom. The molecule has 2 heterocycles. The molecule has 1 aromatic heterocycles. The zero-order valence-corrected chi connectivity index (χ0v) is 21.0. The zero-order valence-electron chi connectivity index (χ0n) is 21.0. The lowest BCUT2D eigenvalue weighted by atomic mass is 9.77. The molecule has 4 rings (SSSR count). The highest BCUT2D eigenvalue weighted by atomic mass is 16.4. The number of carbonyl (C=O) groups excluding carboxylic acids is 3. The fourth-order valence-electron chi connectivity index (χ4n) is 5.51. The predicted molar refractivity (Wildman–Crippen MR) is 139 cm³/mol. The van der Waals surface area contributed by atoms with E-state index in [-0.39, 0.29) is 17.5 Å². The molecule has 194 valence electrons. The van der Waals surface area contributed by atoms with Crippen LogP contribution in [-0.4, -0.2) is 50.9 Å². The molecule has 3 amide bonds. The van der Waals surface area contributed by atoms with Gasteiger partial charge in [0.1, 0.15) is 23.8 Å². The van der Waals surface area contributed by atoms with Gasteiger partial charge in [0.2, 0.25) is 11.8 Å². The average Bonchev–Trinajstić information content (AvgIpc) is 3.12. The maximum Gasteiger partial charge on any atom is 0.323 e. The molecule has 2 aromatic carbocycles. The molecule has 9 nitrogen and oxygen atoms in total. The average molecular weight is 505 g/mol. The van der Waals surface area contributed by atoms with E-state index in [1.165, 1.54) is 9.47 Å². The van der Waals surface area contributed by atoms with E-state index in [0.29, 0.717) is 36.9 Å². The first-order chi connectivity index (χ1) is 17.7. The van der Waals surface area contributed by atoms with Crippen LogP contribution in [0.4, 0.5) is 0 Å². The number of nitrogens with two attached hydrogens (primary N) is 1. The summed E-state index contributed by atoms with van der Waals surface area (Å²) in [6, 6.07) is 16.9. The van der Waals surface area contributed by atoms with Gasteiger partial charge < -0.3 is 25.6 Å². The number of primary amides is 1. The molecule has 37 heavy (non-hydrogen) atoms. The highest BCUT2D eigenvalue weighted by Gasteiger charge is 2.51. The molecule has 9 heteroatoms.